The molecular formula is C33H26F3NO4. The molecule has 1 aromatic heterocycles. The number of benzene rings is 4. The van der Waals surface area contributed by atoms with E-state index < -0.39 is 23.7 Å². The van der Waals surface area contributed by atoms with Crippen molar-refractivity contribution >= 4 is 22.5 Å². The summed E-state index contributed by atoms with van der Waals surface area (Å²) in [6.07, 6.45) is -4.56. The molecule has 0 radical (unpaired) electrons. The molecule has 0 aliphatic rings. The summed E-state index contributed by atoms with van der Waals surface area (Å²) in [5.41, 5.74) is 4.67. The van der Waals surface area contributed by atoms with E-state index in [-0.39, 0.29) is 17.9 Å². The first-order chi connectivity index (χ1) is 19.6. The van der Waals surface area contributed by atoms with Crippen LogP contribution in [0.1, 0.15) is 38.6 Å². The van der Waals surface area contributed by atoms with Gasteiger partial charge >= 0.3 is 12.1 Å². The van der Waals surface area contributed by atoms with Crippen molar-refractivity contribution in [1.29, 1.82) is 0 Å². The number of furan rings is 1. The van der Waals surface area contributed by atoms with Gasteiger partial charge in [0, 0.05) is 18.7 Å². The molecule has 0 unspecified atom stereocenters. The number of carboxylic acid groups (broad SMARTS) is 1. The second-order valence-electron chi connectivity index (χ2n) is 9.90. The predicted octanol–water partition coefficient (Wildman–Crippen LogP) is 7.90. The Morgan fingerprint density at radius 2 is 1.56 bits per heavy atom. The van der Waals surface area contributed by atoms with E-state index >= 15 is 0 Å². The molecule has 0 bridgehead atoms. The van der Waals surface area contributed by atoms with Gasteiger partial charge in [-0.05, 0) is 63.7 Å². The van der Waals surface area contributed by atoms with Crippen LogP contribution in [0.25, 0.3) is 21.9 Å². The first kappa shape index (κ1) is 27.9. The lowest BCUT2D eigenvalue weighted by atomic mass is 9.98. The molecule has 8 heteroatoms. The fraction of sp³-hybridized carbons (Fsp3) is 0.152. The molecule has 5 aromatic rings. The van der Waals surface area contributed by atoms with Crippen LogP contribution in [0.15, 0.2) is 101 Å². The molecule has 208 valence electrons. The van der Waals surface area contributed by atoms with Gasteiger partial charge < -0.3 is 9.52 Å². The number of halogens is 3. The third kappa shape index (κ3) is 6.39. The van der Waals surface area contributed by atoms with Gasteiger partial charge in [-0.15, -0.1) is 0 Å². The summed E-state index contributed by atoms with van der Waals surface area (Å²) in [6.45, 7) is 3.10. The summed E-state index contributed by atoms with van der Waals surface area (Å²) < 4.78 is 44.7. The Morgan fingerprint density at radius 3 is 2.27 bits per heavy atom. The third-order valence-electron chi connectivity index (χ3n) is 6.99. The van der Waals surface area contributed by atoms with Crippen molar-refractivity contribution in [2.75, 3.05) is 0 Å². The van der Waals surface area contributed by atoms with Crippen molar-refractivity contribution in [3.05, 3.63) is 131 Å². The standard InChI is InChI=1S/C33H26F3NO4/c1-21-9-12-24-5-2-3-8-28(24)29(21)20-37(19-27-15-16-30(41-27)33(34,35)36)18-22-10-13-23(14-11-22)25-6-4-7-26(17-25)31(38)32(39)40/h2-17H,18-20H2,1H3,(H,39,40). The molecule has 0 aliphatic heterocycles. The quantitative estimate of drug-likeness (QED) is 0.147. The molecule has 5 rings (SSSR count). The zero-order valence-electron chi connectivity index (χ0n) is 22.1. The SMILES string of the molecule is Cc1ccc2ccccc2c1CN(Cc1ccc(-c2cccc(C(=O)C(=O)O)c2)cc1)Cc1ccc(C(F)(F)F)o1. The molecule has 5 nitrogen and oxygen atoms in total. The van der Waals surface area contributed by atoms with Gasteiger partial charge in [-0.2, -0.15) is 13.2 Å². The molecular weight excluding hydrogens is 531 g/mol. The van der Waals surface area contributed by atoms with Crippen LogP contribution in [-0.4, -0.2) is 21.8 Å². The number of hydrogen-bond donors (Lipinski definition) is 1. The minimum absolute atomic E-state index is 0.0902. The van der Waals surface area contributed by atoms with Gasteiger partial charge in [0.15, 0.2) is 0 Å². The minimum atomic E-state index is -4.56. The molecule has 0 amide bonds. The highest BCUT2D eigenvalue weighted by atomic mass is 19.4. The van der Waals surface area contributed by atoms with Crippen LogP contribution in [0.3, 0.4) is 0 Å². The van der Waals surface area contributed by atoms with Crippen LogP contribution >= 0.6 is 0 Å². The van der Waals surface area contributed by atoms with Gasteiger partial charge in [0.05, 0.1) is 6.54 Å². The Bertz CT molecular complexity index is 1720. The highest BCUT2D eigenvalue weighted by molar-refractivity contribution is 6.40. The number of aliphatic carboxylic acids is 1. The molecule has 0 aliphatic carbocycles. The molecule has 1 N–H and O–H groups in total. The lowest BCUT2D eigenvalue weighted by Crippen LogP contribution is -2.23. The second-order valence-corrected chi connectivity index (χ2v) is 9.90. The van der Waals surface area contributed by atoms with Crippen LogP contribution in [-0.2, 0) is 30.6 Å². The van der Waals surface area contributed by atoms with E-state index in [1.807, 2.05) is 66.4 Å². The van der Waals surface area contributed by atoms with Crippen LogP contribution in [0.4, 0.5) is 13.2 Å². The number of Topliss-reactive ketones (excluding diaryl/α,β-unsaturated/α-hetero) is 1. The van der Waals surface area contributed by atoms with Crippen molar-refractivity contribution in [1.82, 2.24) is 4.90 Å². The maximum Gasteiger partial charge on any atom is 0.449 e. The average molecular weight is 558 g/mol. The maximum absolute atomic E-state index is 13.2. The van der Waals surface area contributed by atoms with E-state index in [1.54, 1.807) is 12.1 Å². The van der Waals surface area contributed by atoms with Gasteiger partial charge in [0.2, 0.25) is 5.76 Å². The summed E-state index contributed by atoms with van der Waals surface area (Å²) in [4.78, 5) is 25.0. The number of carboxylic acids is 1. The van der Waals surface area contributed by atoms with Crippen molar-refractivity contribution in [3.63, 3.8) is 0 Å². The number of rotatable bonds is 9. The highest BCUT2D eigenvalue weighted by Gasteiger charge is 2.35. The monoisotopic (exact) mass is 557 g/mol. The molecule has 0 spiro atoms. The molecule has 0 fully saturated rings. The first-order valence-corrected chi connectivity index (χ1v) is 12.9. The van der Waals surface area contributed by atoms with Crippen LogP contribution in [0.5, 0.6) is 0 Å². The van der Waals surface area contributed by atoms with Crippen molar-refractivity contribution in [2.45, 2.75) is 32.7 Å². The highest BCUT2D eigenvalue weighted by Crippen LogP contribution is 2.32. The van der Waals surface area contributed by atoms with Crippen molar-refractivity contribution in [2.24, 2.45) is 0 Å². The number of carbonyl (C=O) groups is 2. The Balaban J connectivity index is 1.43. The van der Waals surface area contributed by atoms with Crippen LogP contribution in [0, 0.1) is 6.92 Å². The number of alkyl halides is 3. The van der Waals surface area contributed by atoms with E-state index in [1.165, 1.54) is 18.2 Å². The van der Waals surface area contributed by atoms with Gasteiger partial charge in [0.1, 0.15) is 5.76 Å². The largest absolute Gasteiger partial charge is 0.475 e. The summed E-state index contributed by atoms with van der Waals surface area (Å²) in [5.74, 6) is -3.30. The number of nitrogens with zero attached hydrogens (tertiary/aromatic N) is 1. The van der Waals surface area contributed by atoms with Crippen molar-refractivity contribution < 1.29 is 32.3 Å². The smallest absolute Gasteiger partial charge is 0.449 e. The Labute approximate surface area is 234 Å². The van der Waals surface area contributed by atoms with Crippen LogP contribution < -0.4 is 0 Å². The average Bonchev–Trinajstić information content (AvgIpc) is 3.44. The molecule has 0 atom stereocenters. The van der Waals surface area contributed by atoms with Crippen LogP contribution in [0.2, 0.25) is 0 Å². The summed E-state index contributed by atoms with van der Waals surface area (Å²) in [7, 11) is 0. The zero-order valence-corrected chi connectivity index (χ0v) is 22.1. The number of fused-ring (bicyclic) bond motifs is 1. The molecule has 4 aromatic carbocycles. The Hall–Kier alpha value is -4.69. The first-order valence-electron chi connectivity index (χ1n) is 12.9. The normalized spacial score (nSPS) is 11.7. The predicted molar refractivity (Wildman–Crippen MR) is 149 cm³/mol. The topological polar surface area (TPSA) is 70.8 Å². The van der Waals surface area contributed by atoms with E-state index in [2.05, 4.69) is 6.07 Å². The number of carbonyl (C=O) groups excluding carboxylic acids is 1. The number of ketones is 1. The molecule has 41 heavy (non-hydrogen) atoms. The second kappa shape index (κ2) is 11.4. The number of aryl methyl sites for hydroxylation is 1. The lowest BCUT2D eigenvalue weighted by molar-refractivity contribution is -0.153. The summed E-state index contributed by atoms with van der Waals surface area (Å²) in [5, 5.41) is 11.2. The minimum Gasteiger partial charge on any atom is -0.475 e. The fourth-order valence-corrected chi connectivity index (χ4v) is 4.91. The van der Waals surface area contributed by atoms with Crippen molar-refractivity contribution in [3.8, 4) is 11.1 Å². The van der Waals surface area contributed by atoms with Gasteiger partial charge in [-0.1, -0.05) is 78.9 Å². The Morgan fingerprint density at radius 1 is 0.805 bits per heavy atom. The Kier molecular flexibility index (Phi) is 7.77. The van der Waals surface area contributed by atoms with E-state index in [0.29, 0.717) is 18.7 Å². The van der Waals surface area contributed by atoms with Gasteiger partial charge in [-0.3, -0.25) is 9.69 Å². The summed E-state index contributed by atoms with van der Waals surface area (Å²) >= 11 is 0. The lowest BCUT2D eigenvalue weighted by Gasteiger charge is -2.24. The van der Waals surface area contributed by atoms with E-state index in [0.717, 1.165) is 39.1 Å². The zero-order chi connectivity index (χ0) is 29.1. The van der Waals surface area contributed by atoms with Gasteiger partial charge in [0.25, 0.3) is 5.78 Å². The fourth-order valence-electron chi connectivity index (χ4n) is 4.91. The summed E-state index contributed by atoms with van der Waals surface area (Å²) in [6, 6.07) is 28.4. The van der Waals surface area contributed by atoms with E-state index in [9.17, 15) is 22.8 Å². The van der Waals surface area contributed by atoms with Gasteiger partial charge in [-0.25, -0.2) is 4.79 Å². The number of hydrogen-bond acceptors (Lipinski definition) is 4. The maximum atomic E-state index is 13.2. The third-order valence-corrected chi connectivity index (χ3v) is 6.99. The van der Waals surface area contributed by atoms with E-state index in [4.69, 9.17) is 9.52 Å². The molecule has 0 saturated carbocycles. The molecule has 0 saturated heterocycles. The molecule has 1 heterocycles.